The van der Waals surface area contributed by atoms with E-state index < -0.39 is 0 Å². The molecule has 0 atom stereocenters. The second kappa shape index (κ2) is 9.59. The first kappa shape index (κ1) is 20.2. The van der Waals surface area contributed by atoms with Crippen LogP contribution in [-0.2, 0) is 22.6 Å². The molecule has 6 heteroatoms. The van der Waals surface area contributed by atoms with Crippen LogP contribution >= 0.6 is 0 Å². The lowest BCUT2D eigenvalue weighted by molar-refractivity contribution is -0.137. The molecule has 0 aliphatic carbocycles. The number of hydrogen-bond acceptors (Lipinski definition) is 4. The molecular weight excluding hydrogens is 376 g/mol. The Morgan fingerprint density at radius 2 is 1.80 bits per heavy atom. The number of carbonyl (C=O) groups is 2. The van der Waals surface area contributed by atoms with Gasteiger partial charge in [0.15, 0.2) is 0 Å². The van der Waals surface area contributed by atoms with Gasteiger partial charge in [0.25, 0.3) is 0 Å². The Hall–Kier alpha value is -3.12. The number of benzene rings is 2. The van der Waals surface area contributed by atoms with Crippen molar-refractivity contribution in [3.8, 4) is 0 Å². The van der Waals surface area contributed by atoms with E-state index in [-0.39, 0.29) is 18.4 Å². The van der Waals surface area contributed by atoms with Crippen LogP contribution in [0, 0.1) is 0 Å². The van der Waals surface area contributed by atoms with Gasteiger partial charge in [0.2, 0.25) is 11.8 Å². The van der Waals surface area contributed by atoms with Crippen molar-refractivity contribution in [1.29, 1.82) is 0 Å². The van der Waals surface area contributed by atoms with Crippen molar-refractivity contribution in [2.75, 3.05) is 26.2 Å². The predicted octanol–water partition coefficient (Wildman–Crippen LogP) is 2.33. The molecule has 0 aromatic heterocycles. The summed E-state index contributed by atoms with van der Waals surface area (Å²) in [5.41, 5.74) is 7.79. The standard InChI is InChI=1S/C24H28N4O2/c29-23(18-28-24(30)12-11-22(26-28)20-8-2-1-3-9-20)25-14-6-15-27-16-13-19-7-4-5-10-21(19)17-27/h1-5,7-11,26H,6,12-18H2,(H,25,29). The number of amides is 2. The number of hydrazine groups is 1. The molecule has 0 saturated heterocycles. The highest BCUT2D eigenvalue weighted by Crippen LogP contribution is 2.18. The van der Waals surface area contributed by atoms with Gasteiger partial charge in [0.05, 0.1) is 5.70 Å². The molecule has 4 rings (SSSR count). The van der Waals surface area contributed by atoms with Crippen LogP contribution in [0.25, 0.3) is 5.70 Å². The van der Waals surface area contributed by atoms with Crippen LogP contribution in [-0.4, -0.2) is 47.9 Å². The van der Waals surface area contributed by atoms with Gasteiger partial charge >= 0.3 is 0 Å². The number of fused-ring (bicyclic) bond motifs is 1. The molecule has 156 valence electrons. The zero-order valence-electron chi connectivity index (χ0n) is 17.1. The van der Waals surface area contributed by atoms with E-state index in [0.717, 1.165) is 43.7 Å². The topological polar surface area (TPSA) is 64.7 Å². The fourth-order valence-electron chi connectivity index (χ4n) is 3.96. The van der Waals surface area contributed by atoms with E-state index in [9.17, 15) is 9.59 Å². The smallest absolute Gasteiger partial charge is 0.245 e. The summed E-state index contributed by atoms with van der Waals surface area (Å²) in [6, 6.07) is 18.4. The Morgan fingerprint density at radius 1 is 1.03 bits per heavy atom. The molecule has 0 radical (unpaired) electrons. The molecule has 2 heterocycles. The monoisotopic (exact) mass is 404 g/mol. The largest absolute Gasteiger partial charge is 0.354 e. The summed E-state index contributed by atoms with van der Waals surface area (Å²) in [5.74, 6) is -0.244. The van der Waals surface area contributed by atoms with Crippen LogP contribution in [0.5, 0.6) is 0 Å². The van der Waals surface area contributed by atoms with Gasteiger partial charge in [0, 0.05) is 32.6 Å². The Bertz CT molecular complexity index is 926. The van der Waals surface area contributed by atoms with Crippen LogP contribution < -0.4 is 10.7 Å². The van der Waals surface area contributed by atoms with Crippen molar-refractivity contribution in [3.05, 3.63) is 77.4 Å². The summed E-state index contributed by atoms with van der Waals surface area (Å²) in [6.45, 7) is 3.62. The van der Waals surface area contributed by atoms with E-state index in [1.54, 1.807) is 0 Å². The van der Waals surface area contributed by atoms with E-state index in [4.69, 9.17) is 0 Å². The zero-order valence-corrected chi connectivity index (χ0v) is 17.1. The molecule has 0 unspecified atom stereocenters. The molecule has 2 aromatic carbocycles. The molecule has 0 spiro atoms. The summed E-state index contributed by atoms with van der Waals surface area (Å²) in [4.78, 5) is 26.9. The van der Waals surface area contributed by atoms with E-state index in [1.165, 1.54) is 16.1 Å². The summed E-state index contributed by atoms with van der Waals surface area (Å²) in [5, 5.41) is 4.35. The first-order chi connectivity index (χ1) is 14.7. The zero-order chi connectivity index (χ0) is 20.8. The van der Waals surface area contributed by atoms with Gasteiger partial charge in [-0.3, -0.25) is 19.9 Å². The third-order valence-electron chi connectivity index (χ3n) is 5.61. The molecule has 2 amide bonds. The molecular formula is C24H28N4O2. The lowest BCUT2D eigenvalue weighted by atomic mass is 10.00. The van der Waals surface area contributed by atoms with E-state index >= 15 is 0 Å². The summed E-state index contributed by atoms with van der Waals surface area (Å²) >= 11 is 0. The second-order valence-electron chi connectivity index (χ2n) is 7.78. The van der Waals surface area contributed by atoms with Crippen LogP contribution in [0.1, 0.15) is 29.5 Å². The fraction of sp³-hybridized carbons (Fsp3) is 0.333. The Morgan fingerprint density at radius 3 is 2.63 bits per heavy atom. The Balaban J connectivity index is 1.19. The minimum absolute atomic E-state index is 0.0140. The van der Waals surface area contributed by atoms with Gasteiger partial charge in [-0.15, -0.1) is 0 Å². The summed E-state index contributed by atoms with van der Waals surface area (Å²) in [6.07, 6.45) is 4.14. The molecule has 2 aliphatic heterocycles. The summed E-state index contributed by atoms with van der Waals surface area (Å²) < 4.78 is 0. The van der Waals surface area contributed by atoms with Crippen molar-refractivity contribution in [1.82, 2.24) is 20.7 Å². The maximum atomic E-state index is 12.3. The number of rotatable bonds is 7. The number of nitrogens with zero attached hydrogens (tertiary/aromatic N) is 2. The number of carbonyl (C=O) groups excluding carboxylic acids is 2. The average Bonchev–Trinajstić information content (AvgIpc) is 2.79. The van der Waals surface area contributed by atoms with Crippen LogP contribution in [0.3, 0.4) is 0 Å². The minimum Gasteiger partial charge on any atom is -0.354 e. The van der Waals surface area contributed by atoms with Crippen molar-refractivity contribution in [3.63, 3.8) is 0 Å². The van der Waals surface area contributed by atoms with Crippen LogP contribution in [0.15, 0.2) is 60.7 Å². The first-order valence-electron chi connectivity index (χ1n) is 10.6. The Kier molecular flexibility index (Phi) is 6.44. The van der Waals surface area contributed by atoms with E-state index in [2.05, 4.69) is 39.9 Å². The van der Waals surface area contributed by atoms with Crippen molar-refractivity contribution in [2.45, 2.75) is 25.8 Å². The van der Waals surface area contributed by atoms with Gasteiger partial charge < -0.3 is 5.32 Å². The van der Waals surface area contributed by atoms with Gasteiger partial charge in [0.1, 0.15) is 6.54 Å². The van der Waals surface area contributed by atoms with Crippen molar-refractivity contribution in [2.24, 2.45) is 0 Å². The maximum absolute atomic E-state index is 12.3. The summed E-state index contributed by atoms with van der Waals surface area (Å²) in [7, 11) is 0. The van der Waals surface area contributed by atoms with Gasteiger partial charge in [-0.25, -0.2) is 5.01 Å². The highest BCUT2D eigenvalue weighted by atomic mass is 16.2. The molecule has 0 fully saturated rings. The fourth-order valence-corrected chi connectivity index (χ4v) is 3.96. The normalized spacial score (nSPS) is 16.5. The van der Waals surface area contributed by atoms with Crippen LogP contribution in [0.2, 0.25) is 0 Å². The lowest BCUT2D eigenvalue weighted by Crippen LogP contribution is -2.49. The van der Waals surface area contributed by atoms with Crippen molar-refractivity contribution < 1.29 is 9.59 Å². The van der Waals surface area contributed by atoms with Crippen LogP contribution in [0.4, 0.5) is 0 Å². The third kappa shape index (κ3) is 5.07. The molecule has 2 aromatic rings. The Labute approximate surface area is 177 Å². The molecule has 0 saturated carbocycles. The maximum Gasteiger partial charge on any atom is 0.245 e. The lowest BCUT2D eigenvalue weighted by Gasteiger charge is -2.29. The van der Waals surface area contributed by atoms with Gasteiger partial charge in [-0.2, -0.15) is 0 Å². The number of nitrogens with one attached hydrogen (secondary N) is 2. The second-order valence-corrected chi connectivity index (χ2v) is 7.78. The van der Waals surface area contributed by atoms with E-state index in [1.807, 2.05) is 36.4 Å². The van der Waals surface area contributed by atoms with Gasteiger partial charge in [-0.05, 0) is 35.6 Å². The highest BCUT2D eigenvalue weighted by molar-refractivity contribution is 5.88. The third-order valence-corrected chi connectivity index (χ3v) is 5.61. The minimum atomic E-state index is -0.144. The molecule has 2 N–H and O–H groups in total. The molecule has 6 nitrogen and oxygen atoms in total. The highest BCUT2D eigenvalue weighted by Gasteiger charge is 2.22. The quantitative estimate of drug-likeness (QED) is 0.696. The van der Waals surface area contributed by atoms with E-state index in [0.29, 0.717) is 13.0 Å². The molecule has 0 bridgehead atoms. The average molecular weight is 405 g/mol. The van der Waals surface area contributed by atoms with Crippen molar-refractivity contribution >= 4 is 17.5 Å². The molecule has 30 heavy (non-hydrogen) atoms. The van der Waals surface area contributed by atoms with Gasteiger partial charge in [-0.1, -0.05) is 54.6 Å². The first-order valence-corrected chi connectivity index (χ1v) is 10.6. The SMILES string of the molecule is O=C(CN1NC(c2ccccc2)=CCC1=O)NCCCN1CCc2ccccc2C1. The predicted molar refractivity (Wildman–Crippen MR) is 117 cm³/mol. The molecule has 2 aliphatic rings. The number of hydrogen-bond donors (Lipinski definition) is 2.